The van der Waals surface area contributed by atoms with Crippen molar-refractivity contribution < 1.29 is 62.0 Å². The minimum atomic E-state index is -1.67. The van der Waals surface area contributed by atoms with Crippen molar-refractivity contribution in [2.45, 2.75) is 82.7 Å². The maximum absolute atomic E-state index is 13.0. The molecule has 4 rings (SSSR count). The van der Waals surface area contributed by atoms with Crippen LogP contribution in [0.15, 0.2) is 60.9 Å². The Hall–Kier alpha value is -7.73. The zero-order valence-electron chi connectivity index (χ0n) is 35.0. The lowest BCUT2D eigenvalue weighted by molar-refractivity contribution is -0.167. The number of aromatic nitrogens is 6. The molecule has 0 radical (unpaired) electrons. The van der Waals surface area contributed by atoms with Crippen LogP contribution in [0, 0.1) is 0 Å². The average Bonchev–Trinajstić information content (AvgIpc) is 3.94. The van der Waals surface area contributed by atoms with E-state index in [1.54, 1.807) is 54.7 Å². The average molecular weight is 913 g/mol. The van der Waals surface area contributed by atoms with E-state index in [1.807, 2.05) is 0 Å². The number of rotatable bonds is 27. The van der Waals surface area contributed by atoms with Crippen LogP contribution >= 0.6 is 0 Å². The van der Waals surface area contributed by atoms with Crippen LogP contribution in [0.5, 0.6) is 0 Å². The number of aliphatic carboxylic acids is 2. The van der Waals surface area contributed by atoms with Gasteiger partial charge in [-0.15, -0.1) is 10.2 Å². The summed E-state index contributed by atoms with van der Waals surface area (Å²) in [7, 11) is 0. The number of aryl methyl sites for hydroxylation is 2. The van der Waals surface area contributed by atoms with Crippen LogP contribution in [0.25, 0.3) is 22.5 Å². The molecular formula is C40H50F2N12O11. The molecule has 350 valence electrons. The monoisotopic (exact) mass is 912 g/mol. The number of carboxylic acids is 2. The number of urea groups is 3. The Kier molecular flexibility index (Phi) is 20.0. The molecule has 3 atom stereocenters. The number of alkyl halides is 2. The zero-order chi connectivity index (χ0) is 47.1. The number of benzene rings is 2. The molecule has 0 aliphatic heterocycles. The van der Waals surface area contributed by atoms with Crippen LogP contribution in [0.1, 0.15) is 51.4 Å². The third-order valence-electron chi connectivity index (χ3n) is 9.29. The molecule has 4 aromatic rings. The number of primary amides is 1. The van der Waals surface area contributed by atoms with E-state index >= 15 is 0 Å². The number of ether oxygens (including phenoxy) is 2. The first-order valence-corrected chi connectivity index (χ1v) is 20.4. The number of nitrogens with two attached hydrogens (primary N) is 1. The molecule has 0 bridgehead atoms. The van der Waals surface area contributed by atoms with Crippen molar-refractivity contribution >= 4 is 53.3 Å². The standard InChI is InChI=1S/C40H50F2N12O11/c41-17-21-53-23-30(49-51-53)25-9-1-3-11-27(25)47-39(62)44-19-7-5-13-32(35(56)57)64-34(55)16-15-29(46-38(43)61)37(60)65-33(36(58)59)14-6-8-20-45-40(63)48-28-12-4-2-10-26(28)31-24-54(22-18-42)52-50-31/h1-4,9-12,23-24,29,32-33H,5-8,13-22H2,(H,56,57)(H,58,59)(H3,43,46,61)(H2,44,47,62)(H2,45,48,63)/t29-,32-,33-/m0/s1. The number of nitrogens with one attached hydrogen (secondary N) is 5. The van der Waals surface area contributed by atoms with Crippen LogP contribution in [-0.4, -0.2) is 127 Å². The number of anilines is 2. The summed E-state index contributed by atoms with van der Waals surface area (Å²) in [5, 5.41) is 47.8. The van der Waals surface area contributed by atoms with Gasteiger partial charge in [-0.1, -0.05) is 46.8 Å². The minimum Gasteiger partial charge on any atom is -0.479 e. The number of amides is 6. The molecule has 0 aliphatic carbocycles. The third-order valence-corrected chi connectivity index (χ3v) is 9.29. The Bertz CT molecular complexity index is 2240. The molecule has 25 heteroatoms. The summed E-state index contributed by atoms with van der Waals surface area (Å²) < 4.78 is 38.3. The van der Waals surface area contributed by atoms with Crippen LogP contribution in [0.2, 0.25) is 0 Å². The minimum absolute atomic E-state index is 0.0244. The molecule has 23 nitrogen and oxygen atoms in total. The van der Waals surface area contributed by atoms with Crippen LogP contribution in [0.4, 0.5) is 34.5 Å². The Morgan fingerprint density at radius 2 is 1.12 bits per heavy atom. The highest BCUT2D eigenvalue weighted by molar-refractivity contribution is 5.94. The van der Waals surface area contributed by atoms with Crippen molar-refractivity contribution in [1.29, 1.82) is 0 Å². The number of halogens is 2. The molecule has 2 heterocycles. The van der Waals surface area contributed by atoms with Gasteiger partial charge >= 0.3 is 42.0 Å². The third kappa shape index (κ3) is 16.8. The summed E-state index contributed by atoms with van der Waals surface area (Å²) >= 11 is 0. The van der Waals surface area contributed by atoms with E-state index in [0.29, 0.717) is 40.3 Å². The molecule has 6 amide bonds. The number of carboxylic acid groups (broad SMARTS) is 2. The lowest BCUT2D eigenvalue weighted by Crippen LogP contribution is -2.46. The van der Waals surface area contributed by atoms with E-state index in [4.69, 9.17) is 15.2 Å². The molecule has 0 fully saturated rings. The molecule has 65 heavy (non-hydrogen) atoms. The zero-order valence-corrected chi connectivity index (χ0v) is 35.0. The molecule has 0 saturated carbocycles. The van der Waals surface area contributed by atoms with Gasteiger partial charge < -0.3 is 52.0 Å². The number of hydrogen-bond donors (Lipinski definition) is 8. The molecule has 2 aromatic heterocycles. The van der Waals surface area contributed by atoms with Crippen LogP contribution in [0.3, 0.4) is 0 Å². The highest BCUT2D eigenvalue weighted by Gasteiger charge is 2.30. The fraction of sp³-hybridized carbons (Fsp3) is 0.425. The van der Waals surface area contributed by atoms with E-state index in [-0.39, 0.29) is 58.3 Å². The summed E-state index contributed by atoms with van der Waals surface area (Å²) in [6.07, 6.45) is -0.605. The van der Waals surface area contributed by atoms with E-state index in [1.165, 1.54) is 15.6 Å². The lowest BCUT2D eigenvalue weighted by Gasteiger charge is -2.20. The summed E-state index contributed by atoms with van der Waals surface area (Å²) in [5.74, 6) is -5.21. The highest BCUT2D eigenvalue weighted by Crippen LogP contribution is 2.27. The lowest BCUT2D eigenvalue weighted by atomic mass is 10.1. The van der Waals surface area contributed by atoms with Gasteiger partial charge in [0.25, 0.3) is 0 Å². The van der Waals surface area contributed by atoms with Crippen molar-refractivity contribution in [3.63, 3.8) is 0 Å². The largest absolute Gasteiger partial charge is 0.479 e. The fourth-order valence-electron chi connectivity index (χ4n) is 6.10. The van der Waals surface area contributed by atoms with Gasteiger partial charge in [-0.3, -0.25) is 4.79 Å². The van der Waals surface area contributed by atoms with Gasteiger partial charge in [0, 0.05) is 30.6 Å². The Labute approximate surface area is 369 Å². The van der Waals surface area contributed by atoms with Crippen molar-refractivity contribution in [3.8, 4) is 22.5 Å². The quantitative estimate of drug-likeness (QED) is 0.0315. The molecule has 0 aliphatic rings. The van der Waals surface area contributed by atoms with E-state index in [9.17, 15) is 52.6 Å². The topological polar surface area (TPSA) is 326 Å². The maximum Gasteiger partial charge on any atom is 0.345 e. The van der Waals surface area contributed by atoms with Crippen molar-refractivity contribution in [2.75, 3.05) is 37.1 Å². The second kappa shape index (κ2) is 26.0. The Balaban J connectivity index is 1.16. The molecule has 9 N–H and O–H groups in total. The maximum atomic E-state index is 13.0. The summed E-state index contributed by atoms with van der Waals surface area (Å²) in [6.45, 7) is -0.963. The number of unbranched alkanes of at least 4 members (excludes halogenated alkanes) is 2. The van der Waals surface area contributed by atoms with Gasteiger partial charge in [0.1, 0.15) is 30.8 Å². The van der Waals surface area contributed by atoms with Gasteiger partial charge in [-0.2, -0.15) is 0 Å². The second-order valence-electron chi connectivity index (χ2n) is 14.1. The van der Waals surface area contributed by atoms with Gasteiger partial charge in [0.2, 0.25) is 0 Å². The molecule has 0 unspecified atom stereocenters. The predicted octanol–water partition coefficient (Wildman–Crippen LogP) is 3.24. The van der Waals surface area contributed by atoms with Gasteiger partial charge in [-0.25, -0.2) is 46.9 Å². The summed E-state index contributed by atoms with van der Waals surface area (Å²) in [6, 6.07) is 9.63. The Morgan fingerprint density at radius 3 is 1.57 bits per heavy atom. The number of para-hydroxylation sites is 2. The molecular weight excluding hydrogens is 863 g/mol. The number of nitrogens with zero attached hydrogens (tertiary/aromatic N) is 6. The van der Waals surface area contributed by atoms with Gasteiger partial charge in [0.05, 0.1) is 36.9 Å². The van der Waals surface area contributed by atoms with Crippen molar-refractivity contribution in [1.82, 2.24) is 45.9 Å². The van der Waals surface area contributed by atoms with Crippen LogP contribution in [-0.2, 0) is 41.7 Å². The van der Waals surface area contributed by atoms with E-state index in [2.05, 4.69) is 47.2 Å². The predicted molar refractivity (Wildman–Crippen MR) is 225 cm³/mol. The molecule has 0 saturated heterocycles. The highest BCUT2D eigenvalue weighted by atomic mass is 19.1. The second-order valence-corrected chi connectivity index (χ2v) is 14.1. The van der Waals surface area contributed by atoms with E-state index in [0.717, 1.165) is 0 Å². The normalized spacial score (nSPS) is 12.2. The summed E-state index contributed by atoms with van der Waals surface area (Å²) in [5.41, 5.74) is 7.95. The first kappa shape index (κ1) is 49.9. The molecule has 2 aromatic carbocycles. The fourth-order valence-corrected chi connectivity index (χ4v) is 6.10. The molecule has 0 spiro atoms. The van der Waals surface area contributed by atoms with E-state index < -0.39 is 86.4 Å². The number of carbonyl (C=O) groups excluding carboxylic acids is 5. The summed E-state index contributed by atoms with van der Waals surface area (Å²) in [4.78, 5) is 86.3. The van der Waals surface area contributed by atoms with Gasteiger partial charge in [-0.05, 0) is 57.1 Å². The smallest absolute Gasteiger partial charge is 0.345 e. The number of esters is 2. The number of carbonyl (C=O) groups is 7. The van der Waals surface area contributed by atoms with Crippen LogP contribution < -0.4 is 32.3 Å². The first-order chi connectivity index (χ1) is 31.3. The Morgan fingerprint density at radius 1 is 0.662 bits per heavy atom. The van der Waals surface area contributed by atoms with Gasteiger partial charge in [0.15, 0.2) is 12.2 Å². The number of hydrogen-bond acceptors (Lipinski definition) is 13. The first-order valence-electron chi connectivity index (χ1n) is 20.4. The van der Waals surface area contributed by atoms with Crippen molar-refractivity contribution in [3.05, 3.63) is 60.9 Å². The SMILES string of the molecule is NC(=O)N[C@@H](CCC(=O)O[C@@H](CCCCNC(=O)Nc1ccccc1-c1cn(CCF)nn1)C(=O)O)C(=O)O[C@@H](CCCCNC(=O)Nc1ccccc1-c1cn(CCF)nn1)C(=O)O. The van der Waals surface area contributed by atoms with Crippen molar-refractivity contribution in [2.24, 2.45) is 5.73 Å².